The van der Waals surface area contributed by atoms with Crippen LogP contribution in [0.4, 0.5) is 13.2 Å². The Bertz CT molecular complexity index is 1960. The Morgan fingerprint density at radius 1 is 0.630 bits per heavy atom. The molecule has 5 rings (SSSR count). The molecule has 12 nitrogen and oxygen atoms in total. The van der Waals surface area contributed by atoms with Crippen molar-refractivity contribution < 1.29 is 41.8 Å². The van der Waals surface area contributed by atoms with Crippen molar-refractivity contribution in [3.63, 3.8) is 0 Å². The molecule has 2 heterocycles. The summed E-state index contributed by atoms with van der Waals surface area (Å²) in [5.74, 6) is -1.81. The quantitative estimate of drug-likeness (QED) is 0.0852. The van der Waals surface area contributed by atoms with E-state index in [-0.39, 0.29) is 40.3 Å². The SMILES string of the molecule is CCNC(=O)c1cc(OC(c2ccccc2)c2ccccc2)c(C(=O)NC)[nH]1.CNC(=O)c1[nH]c(C(=O)NCC(F)(F)F)cc1OC(C)c1ccccc1. The highest BCUT2D eigenvalue weighted by atomic mass is 19.4. The predicted molar refractivity (Wildman–Crippen MR) is 196 cm³/mol. The molecule has 1 unspecified atom stereocenters. The van der Waals surface area contributed by atoms with Crippen LogP contribution in [-0.4, -0.2) is 67.0 Å². The molecule has 0 saturated heterocycles. The van der Waals surface area contributed by atoms with E-state index in [1.807, 2.05) is 97.9 Å². The number of H-pyrrole nitrogens is 2. The normalized spacial score (nSPS) is 11.4. The summed E-state index contributed by atoms with van der Waals surface area (Å²) < 4.78 is 48.7. The van der Waals surface area contributed by atoms with Gasteiger partial charge in [-0.15, -0.1) is 0 Å². The number of amides is 4. The van der Waals surface area contributed by atoms with Crippen LogP contribution in [0.1, 0.15) is 84.7 Å². The molecule has 0 radical (unpaired) electrons. The maximum Gasteiger partial charge on any atom is 0.405 e. The van der Waals surface area contributed by atoms with Gasteiger partial charge in [0.25, 0.3) is 23.6 Å². The molecule has 5 aromatic rings. The van der Waals surface area contributed by atoms with Crippen LogP contribution in [0, 0.1) is 0 Å². The van der Waals surface area contributed by atoms with E-state index in [4.69, 9.17) is 9.47 Å². The number of halogens is 3. The molecule has 0 bridgehead atoms. The van der Waals surface area contributed by atoms with Crippen LogP contribution < -0.4 is 30.7 Å². The third-order valence-corrected chi connectivity index (χ3v) is 7.77. The number of aromatic amines is 2. The van der Waals surface area contributed by atoms with E-state index < -0.39 is 36.7 Å². The van der Waals surface area contributed by atoms with Gasteiger partial charge in [-0.05, 0) is 30.5 Å². The van der Waals surface area contributed by atoms with Gasteiger partial charge in [0.1, 0.15) is 41.5 Å². The van der Waals surface area contributed by atoms with Gasteiger partial charge in [0.2, 0.25) is 0 Å². The molecule has 54 heavy (non-hydrogen) atoms. The standard InChI is InChI=1S/C22H23N3O3.C17H18F3N3O3/c1-3-24-21(26)17-14-18(19(25-17)22(27)23-2)28-20(15-10-6-4-7-11-15)16-12-8-5-9-13-16;1-10(11-6-4-3-5-7-11)26-13-8-12(23-14(13)16(25)21-2)15(24)22-9-17(18,19)20/h4-14,20,25H,3H2,1-2H3,(H,23,27)(H,24,26);3-8,10,23H,9H2,1-2H3,(H,21,25)(H,22,24). The molecule has 6 N–H and O–H groups in total. The number of hydrogen-bond donors (Lipinski definition) is 6. The Balaban J connectivity index is 0.000000241. The van der Waals surface area contributed by atoms with E-state index in [1.54, 1.807) is 18.3 Å². The molecule has 0 saturated carbocycles. The van der Waals surface area contributed by atoms with Crippen LogP contribution in [0.15, 0.2) is 103 Å². The summed E-state index contributed by atoms with van der Waals surface area (Å²) in [6.45, 7) is 2.59. The minimum Gasteiger partial charge on any atom is -0.484 e. The van der Waals surface area contributed by atoms with Crippen LogP contribution in [0.25, 0.3) is 0 Å². The fourth-order valence-corrected chi connectivity index (χ4v) is 5.11. The van der Waals surface area contributed by atoms with Crippen LogP contribution in [0.5, 0.6) is 11.5 Å². The fraction of sp³-hybridized carbons (Fsp3) is 0.231. The lowest BCUT2D eigenvalue weighted by molar-refractivity contribution is -0.123. The number of alkyl halides is 3. The summed E-state index contributed by atoms with van der Waals surface area (Å²) in [5, 5.41) is 9.42. The number of carbonyl (C=O) groups excluding carboxylic acids is 4. The number of benzene rings is 3. The van der Waals surface area contributed by atoms with Crippen molar-refractivity contribution in [2.75, 3.05) is 27.2 Å². The average Bonchev–Trinajstić information content (AvgIpc) is 3.81. The minimum atomic E-state index is -4.53. The fourth-order valence-electron chi connectivity index (χ4n) is 5.11. The second kappa shape index (κ2) is 18.8. The van der Waals surface area contributed by atoms with Crippen molar-refractivity contribution in [3.05, 3.63) is 143 Å². The van der Waals surface area contributed by atoms with Crippen molar-refractivity contribution in [2.45, 2.75) is 32.2 Å². The van der Waals surface area contributed by atoms with E-state index in [0.717, 1.165) is 16.7 Å². The van der Waals surface area contributed by atoms with Crippen LogP contribution in [0.3, 0.4) is 0 Å². The number of aromatic nitrogens is 2. The molecular weight excluding hydrogens is 705 g/mol. The highest BCUT2D eigenvalue weighted by Gasteiger charge is 2.29. The molecule has 4 amide bonds. The van der Waals surface area contributed by atoms with Crippen LogP contribution in [0.2, 0.25) is 0 Å². The van der Waals surface area contributed by atoms with Gasteiger partial charge in [-0.2, -0.15) is 13.2 Å². The van der Waals surface area contributed by atoms with Crippen LogP contribution >= 0.6 is 0 Å². The molecule has 2 aromatic heterocycles. The van der Waals surface area contributed by atoms with Gasteiger partial charge < -0.3 is 40.7 Å². The summed E-state index contributed by atoms with van der Waals surface area (Å²) in [7, 11) is 2.92. The first kappa shape index (κ1) is 40.3. The molecule has 0 spiro atoms. The third kappa shape index (κ3) is 11.0. The van der Waals surface area contributed by atoms with Crippen molar-refractivity contribution in [1.29, 1.82) is 0 Å². The second-order valence-electron chi connectivity index (χ2n) is 11.7. The van der Waals surface area contributed by atoms with Gasteiger partial charge in [-0.25, -0.2) is 0 Å². The highest BCUT2D eigenvalue weighted by molar-refractivity contribution is 6.00. The molecule has 1 atom stereocenters. The molecule has 284 valence electrons. The van der Waals surface area contributed by atoms with E-state index in [9.17, 15) is 32.3 Å². The highest BCUT2D eigenvalue weighted by Crippen LogP contribution is 2.32. The van der Waals surface area contributed by atoms with E-state index in [2.05, 4.69) is 25.9 Å². The number of carbonyl (C=O) groups is 4. The molecule has 0 aliphatic heterocycles. The molecule has 0 aliphatic carbocycles. The molecule has 0 fully saturated rings. The number of hydrogen-bond acceptors (Lipinski definition) is 6. The third-order valence-electron chi connectivity index (χ3n) is 7.77. The van der Waals surface area contributed by atoms with Crippen molar-refractivity contribution in [2.24, 2.45) is 0 Å². The van der Waals surface area contributed by atoms with Crippen molar-refractivity contribution in [1.82, 2.24) is 31.2 Å². The summed E-state index contributed by atoms with van der Waals surface area (Å²) in [6.07, 6.45) is -5.40. The second-order valence-corrected chi connectivity index (χ2v) is 11.7. The molecule has 3 aromatic carbocycles. The van der Waals surface area contributed by atoms with Gasteiger partial charge in [0, 0.05) is 32.8 Å². The summed E-state index contributed by atoms with van der Waals surface area (Å²) in [6, 6.07) is 31.4. The zero-order chi connectivity index (χ0) is 39.3. The molecule has 15 heteroatoms. The predicted octanol–water partition coefficient (Wildman–Crippen LogP) is 6.10. The summed E-state index contributed by atoms with van der Waals surface area (Å²) in [5.41, 5.74) is 2.95. The molecule has 0 aliphatic rings. The first-order valence-corrected chi connectivity index (χ1v) is 16.9. The smallest absolute Gasteiger partial charge is 0.405 e. The maximum atomic E-state index is 12.3. The Labute approximate surface area is 309 Å². The number of rotatable bonds is 13. The Hall–Kier alpha value is -6.51. The number of nitrogens with one attached hydrogen (secondary N) is 6. The summed E-state index contributed by atoms with van der Waals surface area (Å²) >= 11 is 0. The summed E-state index contributed by atoms with van der Waals surface area (Å²) in [4.78, 5) is 53.8. The van der Waals surface area contributed by atoms with Gasteiger partial charge in [0.05, 0.1) is 0 Å². The lowest BCUT2D eigenvalue weighted by Crippen LogP contribution is -2.34. The lowest BCUT2D eigenvalue weighted by atomic mass is 10.0. The molecular formula is C39H41F3N6O6. The lowest BCUT2D eigenvalue weighted by Gasteiger charge is -2.20. The Morgan fingerprint density at radius 3 is 1.44 bits per heavy atom. The zero-order valence-electron chi connectivity index (χ0n) is 30.0. The monoisotopic (exact) mass is 746 g/mol. The Morgan fingerprint density at radius 2 is 1.04 bits per heavy atom. The topological polar surface area (TPSA) is 166 Å². The van der Waals surface area contributed by atoms with Gasteiger partial charge in [0.15, 0.2) is 11.5 Å². The maximum absolute atomic E-state index is 12.3. The van der Waals surface area contributed by atoms with Crippen LogP contribution in [-0.2, 0) is 0 Å². The number of ether oxygens (including phenoxy) is 2. The van der Waals surface area contributed by atoms with E-state index in [1.165, 1.54) is 20.2 Å². The average molecular weight is 747 g/mol. The van der Waals surface area contributed by atoms with E-state index >= 15 is 0 Å². The van der Waals surface area contributed by atoms with Crippen molar-refractivity contribution >= 4 is 23.6 Å². The first-order chi connectivity index (χ1) is 25.8. The van der Waals surface area contributed by atoms with Crippen molar-refractivity contribution in [3.8, 4) is 11.5 Å². The zero-order valence-corrected chi connectivity index (χ0v) is 30.0. The van der Waals surface area contributed by atoms with Gasteiger partial charge in [-0.3, -0.25) is 19.2 Å². The first-order valence-electron chi connectivity index (χ1n) is 16.9. The minimum absolute atomic E-state index is 0.0487. The Kier molecular flexibility index (Phi) is 14.0. The van der Waals surface area contributed by atoms with Gasteiger partial charge >= 0.3 is 6.18 Å². The van der Waals surface area contributed by atoms with E-state index in [0.29, 0.717) is 12.3 Å². The van der Waals surface area contributed by atoms with Gasteiger partial charge in [-0.1, -0.05) is 91.0 Å². The largest absolute Gasteiger partial charge is 0.484 e.